The quantitative estimate of drug-likeness (QED) is 0.277. The SMILES string of the molecule is O=C(NN=Cc1cccc(OCCCOc2ccccc2Cl)c1)Nc1ccccc1. The van der Waals surface area contributed by atoms with Gasteiger partial charge in [-0.05, 0) is 42.0 Å². The van der Waals surface area contributed by atoms with Crippen LogP contribution in [0.1, 0.15) is 12.0 Å². The molecule has 0 saturated carbocycles. The molecule has 0 spiro atoms. The van der Waals surface area contributed by atoms with Gasteiger partial charge in [-0.3, -0.25) is 0 Å². The number of anilines is 1. The fourth-order valence-electron chi connectivity index (χ4n) is 2.52. The lowest BCUT2D eigenvalue weighted by molar-refractivity contribution is 0.247. The van der Waals surface area contributed by atoms with Gasteiger partial charge in [0.15, 0.2) is 0 Å². The highest BCUT2D eigenvalue weighted by molar-refractivity contribution is 6.32. The van der Waals surface area contributed by atoms with Crippen LogP contribution in [0.25, 0.3) is 0 Å². The molecule has 3 rings (SSSR count). The molecule has 154 valence electrons. The second kappa shape index (κ2) is 11.5. The number of amides is 2. The monoisotopic (exact) mass is 423 g/mol. The van der Waals surface area contributed by atoms with Crippen LogP contribution in [0.3, 0.4) is 0 Å². The Labute approximate surface area is 180 Å². The Kier molecular flexibility index (Phi) is 8.12. The second-order valence-electron chi connectivity index (χ2n) is 6.24. The first kappa shape index (κ1) is 21.2. The molecule has 0 saturated heterocycles. The molecule has 0 aliphatic heterocycles. The number of benzene rings is 3. The smallest absolute Gasteiger partial charge is 0.339 e. The van der Waals surface area contributed by atoms with Gasteiger partial charge in [-0.15, -0.1) is 0 Å². The Hall–Kier alpha value is -3.51. The Morgan fingerprint density at radius 2 is 1.70 bits per heavy atom. The minimum absolute atomic E-state index is 0.414. The third-order valence-corrected chi connectivity index (χ3v) is 4.23. The van der Waals surface area contributed by atoms with Crippen LogP contribution in [0.5, 0.6) is 11.5 Å². The van der Waals surface area contributed by atoms with Crippen molar-refractivity contribution >= 4 is 29.5 Å². The number of hydrogen-bond acceptors (Lipinski definition) is 4. The summed E-state index contributed by atoms with van der Waals surface area (Å²) in [4.78, 5) is 11.8. The molecule has 0 aromatic heterocycles. The van der Waals surface area contributed by atoms with E-state index in [1.165, 1.54) is 0 Å². The zero-order chi connectivity index (χ0) is 21.0. The molecule has 2 amide bonds. The predicted molar refractivity (Wildman–Crippen MR) is 120 cm³/mol. The van der Waals surface area contributed by atoms with Crippen LogP contribution in [0.4, 0.5) is 10.5 Å². The van der Waals surface area contributed by atoms with Crippen molar-refractivity contribution in [1.29, 1.82) is 0 Å². The van der Waals surface area contributed by atoms with Gasteiger partial charge < -0.3 is 14.8 Å². The lowest BCUT2D eigenvalue weighted by Gasteiger charge is -2.09. The maximum absolute atomic E-state index is 11.8. The summed E-state index contributed by atoms with van der Waals surface area (Å²) in [5.41, 5.74) is 3.93. The minimum Gasteiger partial charge on any atom is -0.493 e. The van der Waals surface area contributed by atoms with Crippen molar-refractivity contribution in [1.82, 2.24) is 5.43 Å². The average Bonchev–Trinajstić information content (AvgIpc) is 2.76. The Morgan fingerprint density at radius 3 is 2.53 bits per heavy atom. The highest BCUT2D eigenvalue weighted by Gasteiger charge is 2.01. The number of nitrogens with one attached hydrogen (secondary N) is 2. The van der Waals surface area contributed by atoms with Gasteiger partial charge in [0.25, 0.3) is 0 Å². The summed E-state index contributed by atoms with van der Waals surface area (Å²) in [6.45, 7) is 1.01. The van der Waals surface area contributed by atoms with Crippen molar-refractivity contribution in [3.05, 3.63) is 89.4 Å². The van der Waals surface area contributed by atoms with Crippen LogP contribution in [0.15, 0.2) is 84.0 Å². The van der Waals surface area contributed by atoms with Crippen LogP contribution in [0.2, 0.25) is 5.02 Å². The van der Waals surface area contributed by atoms with Gasteiger partial charge in [0, 0.05) is 12.1 Å². The van der Waals surface area contributed by atoms with Crippen LogP contribution in [-0.4, -0.2) is 25.5 Å². The molecular weight excluding hydrogens is 402 g/mol. The number of rotatable bonds is 9. The number of hydrazone groups is 1. The van der Waals surface area contributed by atoms with E-state index >= 15 is 0 Å². The van der Waals surface area contributed by atoms with Gasteiger partial charge in [-0.1, -0.05) is 54.1 Å². The zero-order valence-electron chi connectivity index (χ0n) is 16.3. The first-order valence-electron chi connectivity index (χ1n) is 9.46. The summed E-state index contributed by atoms with van der Waals surface area (Å²) in [6, 6.07) is 23.5. The van der Waals surface area contributed by atoms with Crippen LogP contribution >= 0.6 is 11.6 Å². The molecular formula is C23H22ClN3O3. The third-order valence-electron chi connectivity index (χ3n) is 3.92. The number of halogens is 1. The molecule has 0 bridgehead atoms. The number of carbonyl (C=O) groups excluding carboxylic acids is 1. The van der Waals surface area contributed by atoms with Crippen molar-refractivity contribution in [3.8, 4) is 11.5 Å². The number of para-hydroxylation sites is 2. The van der Waals surface area contributed by atoms with Crippen molar-refractivity contribution in [2.24, 2.45) is 5.10 Å². The first-order chi connectivity index (χ1) is 14.7. The number of carbonyl (C=O) groups is 1. The zero-order valence-corrected chi connectivity index (χ0v) is 17.0. The Balaban J connectivity index is 1.39. The number of hydrogen-bond donors (Lipinski definition) is 2. The third kappa shape index (κ3) is 7.14. The molecule has 0 fully saturated rings. The van der Waals surface area contributed by atoms with E-state index in [0.717, 1.165) is 5.56 Å². The largest absolute Gasteiger partial charge is 0.493 e. The molecule has 0 aliphatic carbocycles. The van der Waals surface area contributed by atoms with Gasteiger partial charge in [-0.2, -0.15) is 5.10 Å². The minimum atomic E-state index is -0.414. The van der Waals surface area contributed by atoms with Gasteiger partial charge in [-0.25, -0.2) is 10.2 Å². The van der Waals surface area contributed by atoms with E-state index in [1.807, 2.05) is 60.7 Å². The van der Waals surface area contributed by atoms with E-state index in [-0.39, 0.29) is 0 Å². The predicted octanol–water partition coefficient (Wildman–Crippen LogP) is 5.34. The number of urea groups is 1. The van der Waals surface area contributed by atoms with E-state index in [0.29, 0.717) is 41.8 Å². The normalized spacial score (nSPS) is 10.6. The summed E-state index contributed by atoms with van der Waals surface area (Å²) < 4.78 is 11.4. The molecule has 0 aliphatic rings. The standard InChI is InChI=1S/C23H22ClN3O3/c24-21-12-4-5-13-22(21)30-15-7-14-29-20-11-6-8-18(16-20)17-25-27-23(28)26-19-9-2-1-3-10-19/h1-6,8-13,16-17H,7,14-15H2,(H2,26,27,28). The van der Waals surface area contributed by atoms with Gasteiger partial charge in [0.05, 0.1) is 24.5 Å². The summed E-state index contributed by atoms with van der Waals surface area (Å²) in [7, 11) is 0. The summed E-state index contributed by atoms with van der Waals surface area (Å²) >= 11 is 6.05. The fourth-order valence-corrected chi connectivity index (χ4v) is 2.71. The maximum atomic E-state index is 11.8. The van der Waals surface area contributed by atoms with Crippen LogP contribution < -0.4 is 20.2 Å². The van der Waals surface area contributed by atoms with Crippen molar-refractivity contribution < 1.29 is 14.3 Å². The molecule has 6 nitrogen and oxygen atoms in total. The lowest BCUT2D eigenvalue weighted by Crippen LogP contribution is -2.24. The van der Waals surface area contributed by atoms with Crippen molar-refractivity contribution in [2.45, 2.75) is 6.42 Å². The van der Waals surface area contributed by atoms with Gasteiger partial charge >= 0.3 is 6.03 Å². The van der Waals surface area contributed by atoms with E-state index in [2.05, 4.69) is 15.8 Å². The summed E-state index contributed by atoms with van der Waals surface area (Å²) in [6.07, 6.45) is 2.27. The molecule has 30 heavy (non-hydrogen) atoms. The second-order valence-corrected chi connectivity index (χ2v) is 6.65. The highest BCUT2D eigenvalue weighted by atomic mass is 35.5. The average molecular weight is 424 g/mol. The maximum Gasteiger partial charge on any atom is 0.339 e. The Bertz CT molecular complexity index is 980. The molecule has 0 unspecified atom stereocenters. The summed E-state index contributed by atoms with van der Waals surface area (Å²) in [5, 5.41) is 7.24. The van der Waals surface area contributed by atoms with Crippen molar-refractivity contribution in [3.63, 3.8) is 0 Å². The summed E-state index contributed by atoms with van der Waals surface area (Å²) in [5.74, 6) is 1.38. The van der Waals surface area contributed by atoms with E-state index < -0.39 is 6.03 Å². The topological polar surface area (TPSA) is 72.0 Å². The Morgan fingerprint density at radius 1 is 0.933 bits per heavy atom. The lowest BCUT2D eigenvalue weighted by atomic mass is 10.2. The molecule has 2 N–H and O–H groups in total. The van der Waals surface area contributed by atoms with Crippen molar-refractivity contribution in [2.75, 3.05) is 18.5 Å². The molecule has 0 heterocycles. The van der Waals surface area contributed by atoms with Crippen LogP contribution in [0, 0.1) is 0 Å². The number of nitrogens with zero attached hydrogens (tertiary/aromatic N) is 1. The van der Waals surface area contributed by atoms with Gasteiger partial charge in [0.2, 0.25) is 0 Å². The molecule has 7 heteroatoms. The van der Waals surface area contributed by atoms with E-state index in [4.69, 9.17) is 21.1 Å². The molecule has 0 atom stereocenters. The van der Waals surface area contributed by atoms with E-state index in [9.17, 15) is 4.79 Å². The fraction of sp³-hybridized carbons (Fsp3) is 0.130. The molecule has 3 aromatic rings. The van der Waals surface area contributed by atoms with E-state index in [1.54, 1.807) is 24.4 Å². The highest BCUT2D eigenvalue weighted by Crippen LogP contribution is 2.23. The van der Waals surface area contributed by atoms with Gasteiger partial charge in [0.1, 0.15) is 11.5 Å². The van der Waals surface area contributed by atoms with Crippen LogP contribution in [-0.2, 0) is 0 Å². The molecule has 3 aromatic carbocycles. The first-order valence-corrected chi connectivity index (χ1v) is 9.84. The molecule has 0 radical (unpaired) electrons. The number of ether oxygens (including phenoxy) is 2.